The number of aliphatic hydroxyl groups excluding tert-OH is 1. The van der Waals surface area contributed by atoms with Crippen molar-refractivity contribution in [1.29, 1.82) is 0 Å². The molecule has 1 atom stereocenters. The number of unbranched alkanes of at least 4 members (excludes halogenated alkanes) is 2. The molecule has 0 saturated carbocycles. The van der Waals surface area contributed by atoms with E-state index in [9.17, 15) is 4.79 Å². The summed E-state index contributed by atoms with van der Waals surface area (Å²) in [4.78, 5) is 18.0. The van der Waals surface area contributed by atoms with Gasteiger partial charge in [-0.25, -0.2) is 4.99 Å². The van der Waals surface area contributed by atoms with Crippen LogP contribution in [0.5, 0.6) is 5.75 Å². The van der Waals surface area contributed by atoms with Crippen LogP contribution in [0.3, 0.4) is 0 Å². The summed E-state index contributed by atoms with van der Waals surface area (Å²) >= 11 is 3.46. The van der Waals surface area contributed by atoms with Crippen molar-refractivity contribution in [3.05, 3.63) is 64.1 Å². The quantitative estimate of drug-likeness (QED) is 0.424. The van der Waals surface area contributed by atoms with Crippen LogP contribution in [0.15, 0.2) is 58.0 Å². The number of rotatable bonds is 12. The highest BCUT2D eigenvalue weighted by molar-refractivity contribution is 9.10. The second-order valence-corrected chi connectivity index (χ2v) is 8.87. The van der Waals surface area contributed by atoms with Gasteiger partial charge < -0.3 is 19.9 Å². The number of hydrogen-bond donors (Lipinski definition) is 2. The van der Waals surface area contributed by atoms with Gasteiger partial charge in [0.15, 0.2) is 5.54 Å². The van der Waals surface area contributed by atoms with Crippen molar-refractivity contribution in [2.24, 2.45) is 4.99 Å². The van der Waals surface area contributed by atoms with Crippen molar-refractivity contribution in [1.82, 2.24) is 5.32 Å². The number of ether oxygens (including phenoxy) is 2. The number of carbonyl (C=O) groups excluding carboxylic acids is 1. The highest BCUT2D eigenvalue weighted by Gasteiger charge is 2.44. The van der Waals surface area contributed by atoms with Crippen molar-refractivity contribution in [2.75, 3.05) is 26.4 Å². The van der Waals surface area contributed by atoms with Gasteiger partial charge in [0.05, 0.1) is 6.61 Å². The van der Waals surface area contributed by atoms with E-state index in [0.29, 0.717) is 31.9 Å². The molecule has 1 heterocycles. The van der Waals surface area contributed by atoms with Crippen LogP contribution in [0.4, 0.5) is 0 Å². The van der Waals surface area contributed by atoms with Crippen LogP contribution >= 0.6 is 15.9 Å². The van der Waals surface area contributed by atoms with E-state index in [1.54, 1.807) is 0 Å². The lowest BCUT2D eigenvalue weighted by Crippen LogP contribution is -2.48. The summed E-state index contributed by atoms with van der Waals surface area (Å²) in [6.07, 6.45) is 4.18. The fourth-order valence-electron chi connectivity index (χ4n) is 3.51. The minimum atomic E-state index is -0.994. The first-order chi connectivity index (χ1) is 15.6. The van der Waals surface area contributed by atoms with E-state index < -0.39 is 5.54 Å². The van der Waals surface area contributed by atoms with Gasteiger partial charge in [-0.2, -0.15) is 0 Å². The lowest BCUT2D eigenvalue weighted by molar-refractivity contribution is -0.126. The van der Waals surface area contributed by atoms with Crippen LogP contribution in [-0.4, -0.2) is 48.8 Å². The summed E-state index contributed by atoms with van der Waals surface area (Å²) in [5, 5.41) is 11.9. The van der Waals surface area contributed by atoms with E-state index in [4.69, 9.17) is 19.6 Å². The lowest BCUT2D eigenvalue weighted by atomic mass is 9.91. The van der Waals surface area contributed by atoms with Crippen LogP contribution in [0.1, 0.15) is 43.7 Å². The van der Waals surface area contributed by atoms with Gasteiger partial charge >= 0.3 is 0 Å². The number of aliphatic imine (C=N–C) groups is 1. The van der Waals surface area contributed by atoms with E-state index in [1.165, 1.54) is 0 Å². The summed E-state index contributed by atoms with van der Waals surface area (Å²) in [5.74, 6) is 1.08. The van der Waals surface area contributed by atoms with Crippen LogP contribution < -0.4 is 10.1 Å². The number of hydrogen-bond acceptors (Lipinski definition) is 5. The van der Waals surface area contributed by atoms with E-state index in [2.05, 4.69) is 28.2 Å². The van der Waals surface area contributed by atoms with Gasteiger partial charge in [-0.15, -0.1) is 0 Å². The summed E-state index contributed by atoms with van der Waals surface area (Å²) < 4.78 is 12.5. The zero-order chi connectivity index (χ0) is 22.8. The van der Waals surface area contributed by atoms with E-state index in [1.807, 2.05) is 48.5 Å². The molecule has 2 N–H and O–H groups in total. The first-order valence-corrected chi connectivity index (χ1v) is 11.9. The maximum absolute atomic E-state index is 13.2. The van der Waals surface area contributed by atoms with Crippen LogP contribution in [0.25, 0.3) is 0 Å². The molecule has 0 saturated heterocycles. The minimum absolute atomic E-state index is 0.101. The van der Waals surface area contributed by atoms with E-state index in [0.717, 1.165) is 40.6 Å². The van der Waals surface area contributed by atoms with Gasteiger partial charge in [-0.05, 0) is 48.4 Å². The summed E-state index contributed by atoms with van der Waals surface area (Å²) in [7, 11) is 0. The van der Waals surface area contributed by atoms with Gasteiger partial charge in [0, 0.05) is 36.0 Å². The molecule has 32 heavy (non-hydrogen) atoms. The number of carbonyl (C=O) groups is 1. The Bertz CT molecular complexity index is 899. The molecule has 0 fully saturated rings. The summed E-state index contributed by atoms with van der Waals surface area (Å²) in [6, 6.07) is 15.4. The highest BCUT2D eigenvalue weighted by Crippen LogP contribution is 2.28. The average molecular weight is 503 g/mol. The molecule has 0 spiro atoms. The van der Waals surface area contributed by atoms with Crippen molar-refractivity contribution >= 4 is 27.7 Å². The van der Waals surface area contributed by atoms with Crippen molar-refractivity contribution in [3.63, 3.8) is 0 Å². The third kappa shape index (κ3) is 6.56. The molecular weight excluding hydrogens is 472 g/mol. The molecule has 0 unspecified atom stereocenters. The van der Waals surface area contributed by atoms with Crippen LogP contribution in [0.2, 0.25) is 0 Å². The smallest absolute Gasteiger partial charge is 0.251 e. The molecule has 7 heteroatoms. The maximum Gasteiger partial charge on any atom is 0.251 e. The average Bonchev–Trinajstić information content (AvgIpc) is 3.24. The monoisotopic (exact) mass is 502 g/mol. The zero-order valence-corrected chi connectivity index (χ0v) is 20.1. The Labute approximate surface area is 198 Å². The third-order valence-electron chi connectivity index (χ3n) is 5.33. The molecule has 2 aromatic carbocycles. The largest absolute Gasteiger partial charge is 0.494 e. The van der Waals surface area contributed by atoms with Crippen molar-refractivity contribution in [2.45, 2.75) is 44.6 Å². The molecule has 0 radical (unpaired) electrons. The first kappa shape index (κ1) is 24.3. The number of aliphatic hydroxyl groups is 1. The zero-order valence-electron chi connectivity index (χ0n) is 18.5. The Kier molecular flexibility index (Phi) is 9.11. The molecule has 1 aliphatic heterocycles. The number of benzene rings is 2. The normalized spacial score (nSPS) is 17.5. The molecule has 3 rings (SSSR count). The van der Waals surface area contributed by atoms with Crippen LogP contribution in [0, 0.1) is 0 Å². The Hall–Kier alpha value is -2.38. The summed E-state index contributed by atoms with van der Waals surface area (Å²) in [6.45, 7) is 3.54. The molecule has 0 bridgehead atoms. The third-order valence-corrected chi connectivity index (χ3v) is 5.86. The fourth-order valence-corrected chi connectivity index (χ4v) is 3.78. The molecule has 2 aromatic rings. The molecule has 0 aliphatic carbocycles. The van der Waals surface area contributed by atoms with Gasteiger partial charge in [-0.3, -0.25) is 4.79 Å². The van der Waals surface area contributed by atoms with E-state index >= 15 is 0 Å². The topological polar surface area (TPSA) is 80.2 Å². The number of amides is 1. The number of nitrogens with one attached hydrogen (secondary N) is 1. The second-order valence-electron chi connectivity index (χ2n) is 7.95. The first-order valence-electron chi connectivity index (χ1n) is 11.2. The Morgan fingerprint density at radius 3 is 2.59 bits per heavy atom. The fraction of sp³-hybridized carbons (Fsp3) is 0.440. The van der Waals surface area contributed by atoms with Crippen molar-refractivity contribution in [3.8, 4) is 5.75 Å². The SMILES string of the molecule is CCCCCNC(=O)[C@@]1(Cc2ccc(Br)cc2)COC(c2ccc(OCCCO)cc2)=N1. The molecule has 6 nitrogen and oxygen atoms in total. The maximum atomic E-state index is 13.2. The molecule has 0 aromatic heterocycles. The number of halogens is 1. The van der Waals surface area contributed by atoms with Crippen LogP contribution in [-0.2, 0) is 16.0 Å². The Balaban J connectivity index is 1.78. The summed E-state index contributed by atoms with van der Waals surface area (Å²) in [5.41, 5.74) is 0.834. The lowest BCUT2D eigenvalue weighted by Gasteiger charge is -2.23. The second kappa shape index (κ2) is 12.0. The molecular formula is C25H31BrN2O4. The molecule has 1 aliphatic rings. The number of nitrogens with zero attached hydrogens (tertiary/aromatic N) is 1. The Morgan fingerprint density at radius 1 is 1.16 bits per heavy atom. The predicted octanol–water partition coefficient (Wildman–Crippen LogP) is 4.28. The highest BCUT2D eigenvalue weighted by atomic mass is 79.9. The Morgan fingerprint density at radius 2 is 1.91 bits per heavy atom. The van der Waals surface area contributed by atoms with E-state index in [-0.39, 0.29) is 19.1 Å². The van der Waals surface area contributed by atoms with Gasteiger partial charge in [0.1, 0.15) is 12.4 Å². The minimum Gasteiger partial charge on any atom is -0.494 e. The standard InChI is InChI=1S/C25H31BrN2O4/c1-2-3-4-14-27-24(30)25(17-19-6-10-21(26)11-7-19)18-32-23(28-25)20-8-12-22(13-9-20)31-16-5-15-29/h6-13,29H,2-5,14-18H2,1H3,(H,27,30)/t25-/m1/s1. The van der Waals surface area contributed by atoms with Gasteiger partial charge in [-0.1, -0.05) is 47.8 Å². The molecule has 172 valence electrons. The van der Waals surface area contributed by atoms with Crippen molar-refractivity contribution < 1.29 is 19.4 Å². The molecule has 1 amide bonds. The van der Waals surface area contributed by atoms with Gasteiger partial charge in [0.2, 0.25) is 5.90 Å². The predicted molar refractivity (Wildman–Crippen MR) is 129 cm³/mol. The van der Waals surface area contributed by atoms with Gasteiger partial charge in [0.25, 0.3) is 5.91 Å².